The van der Waals surface area contributed by atoms with E-state index < -0.39 is 35.5 Å². The number of amides is 1. The fourth-order valence-corrected chi connectivity index (χ4v) is 4.76. The average Bonchev–Trinajstić information content (AvgIpc) is 2.67. The van der Waals surface area contributed by atoms with Crippen LogP contribution in [0.25, 0.3) is 0 Å². The molecule has 1 amide bonds. The molecule has 1 atom stereocenters. The molecule has 2 aromatic carbocycles. The van der Waals surface area contributed by atoms with Gasteiger partial charge in [0.15, 0.2) is 0 Å². The van der Waals surface area contributed by atoms with Crippen molar-refractivity contribution in [1.29, 1.82) is 0 Å². The summed E-state index contributed by atoms with van der Waals surface area (Å²) < 4.78 is 26.8. The van der Waals surface area contributed by atoms with Gasteiger partial charge in [-0.1, -0.05) is 42.8 Å². The number of carbonyl (C=O) groups excluding carboxylic acids is 1. The molecule has 0 aliphatic heterocycles. The third-order valence-corrected chi connectivity index (χ3v) is 6.86. The van der Waals surface area contributed by atoms with Gasteiger partial charge in [-0.25, -0.2) is 8.42 Å². The number of aryl methyl sites for hydroxylation is 3. The molecule has 0 aliphatic rings. The normalized spacial score (nSPS) is 12.6. The molecule has 0 fully saturated rings. The maximum atomic E-state index is 12.9. The quantitative estimate of drug-likeness (QED) is 0.519. The standard InChI is InChI=1S/C21H29BN2O5S/c1-5-24(30(28,29)19-8-6-7-15(2)12-19)14-21(25)23-20(22(26)27)13-18-10-9-16(3)11-17(18)4/h6-12,20,26-27H,5,13-14H2,1-4H3,(H,23,25). The lowest BCUT2D eigenvalue weighted by Gasteiger charge is -2.23. The first-order valence-electron chi connectivity index (χ1n) is 9.83. The summed E-state index contributed by atoms with van der Waals surface area (Å²) in [5.41, 5.74) is 3.74. The molecular weight excluding hydrogens is 403 g/mol. The largest absolute Gasteiger partial charge is 0.475 e. The summed E-state index contributed by atoms with van der Waals surface area (Å²) in [5, 5.41) is 22.0. The van der Waals surface area contributed by atoms with Crippen LogP contribution in [0, 0.1) is 20.8 Å². The summed E-state index contributed by atoms with van der Waals surface area (Å²) in [4.78, 5) is 12.7. The molecule has 7 nitrogen and oxygen atoms in total. The zero-order chi connectivity index (χ0) is 22.5. The maximum Gasteiger partial charge on any atom is 0.475 e. The van der Waals surface area contributed by atoms with Crippen LogP contribution in [0.3, 0.4) is 0 Å². The molecule has 9 heteroatoms. The van der Waals surface area contributed by atoms with Crippen molar-refractivity contribution in [1.82, 2.24) is 9.62 Å². The second-order valence-electron chi connectivity index (χ2n) is 7.47. The van der Waals surface area contributed by atoms with Crippen LogP contribution < -0.4 is 5.32 Å². The van der Waals surface area contributed by atoms with Gasteiger partial charge in [-0.15, -0.1) is 0 Å². The summed E-state index contributed by atoms with van der Waals surface area (Å²) in [6.45, 7) is 7.01. The molecule has 0 aromatic heterocycles. The molecule has 0 radical (unpaired) electrons. The second kappa shape index (κ2) is 10.2. The lowest BCUT2D eigenvalue weighted by Crippen LogP contribution is -2.51. The number of nitrogens with one attached hydrogen (secondary N) is 1. The first kappa shape index (κ1) is 24.1. The monoisotopic (exact) mass is 432 g/mol. The van der Waals surface area contributed by atoms with Crippen LogP contribution in [0.15, 0.2) is 47.4 Å². The van der Waals surface area contributed by atoms with Crippen molar-refractivity contribution in [3.63, 3.8) is 0 Å². The van der Waals surface area contributed by atoms with E-state index in [1.165, 1.54) is 6.07 Å². The summed E-state index contributed by atoms with van der Waals surface area (Å²) in [6.07, 6.45) is 0.215. The van der Waals surface area contributed by atoms with E-state index in [0.717, 1.165) is 26.6 Å². The van der Waals surface area contributed by atoms with Crippen LogP contribution in [0.1, 0.15) is 29.2 Å². The SMILES string of the molecule is CCN(CC(=O)NC(Cc1ccc(C)cc1C)B(O)O)S(=O)(=O)c1cccc(C)c1. The highest BCUT2D eigenvalue weighted by Crippen LogP contribution is 2.17. The molecular formula is C21H29BN2O5S. The fraction of sp³-hybridized carbons (Fsp3) is 0.381. The smallest absolute Gasteiger partial charge is 0.426 e. The zero-order valence-corrected chi connectivity index (χ0v) is 18.6. The average molecular weight is 432 g/mol. The van der Waals surface area contributed by atoms with Gasteiger partial charge in [0.25, 0.3) is 0 Å². The van der Waals surface area contributed by atoms with E-state index in [2.05, 4.69) is 5.32 Å². The third kappa shape index (κ3) is 6.15. The Labute approximate surface area is 178 Å². The lowest BCUT2D eigenvalue weighted by atomic mass is 9.75. The van der Waals surface area contributed by atoms with Crippen molar-refractivity contribution in [2.75, 3.05) is 13.1 Å². The number of hydrogen-bond donors (Lipinski definition) is 3. The van der Waals surface area contributed by atoms with Crippen LogP contribution in [0.4, 0.5) is 0 Å². The molecule has 1 unspecified atom stereocenters. The number of sulfonamides is 1. The topological polar surface area (TPSA) is 107 Å². The van der Waals surface area contributed by atoms with Crippen molar-refractivity contribution in [2.45, 2.75) is 45.0 Å². The number of benzene rings is 2. The van der Waals surface area contributed by atoms with Gasteiger partial charge in [0.05, 0.1) is 17.4 Å². The Bertz CT molecular complexity index is 995. The highest BCUT2D eigenvalue weighted by Gasteiger charge is 2.29. The van der Waals surface area contributed by atoms with Crippen molar-refractivity contribution in [2.24, 2.45) is 0 Å². The van der Waals surface area contributed by atoms with Gasteiger partial charge in [-0.3, -0.25) is 4.79 Å². The van der Waals surface area contributed by atoms with Crippen molar-refractivity contribution in [3.8, 4) is 0 Å². The lowest BCUT2D eigenvalue weighted by molar-refractivity contribution is -0.121. The van der Waals surface area contributed by atoms with E-state index in [4.69, 9.17) is 0 Å². The van der Waals surface area contributed by atoms with Crippen molar-refractivity contribution in [3.05, 3.63) is 64.7 Å². The van der Waals surface area contributed by atoms with Crippen LogP contribution >= 0.6 is 0 Å². The Hall–Kier alpha value is -2.20. The molecule has 162 valence electrons. The predicted octanol–water partition coefficient (Wildman–Crippen LogP) is 1.36. The van der Waals surface area contributed by atoms with Crippen molar-refractivity contribution < 1.29 is 23.3 Å². The van der Waals surface area contributed by atoms with Gasteiger partial charge in [-0.2, -0.15) is 4.31 Å². The minimum absolute atomic E-state index is 0.104. The Kier molecular flexibility index (Phi) is 8.20. The number of hydrogen-bond acceptors (Lipinski definition) is 5. The number of likely N-dealkylation sites (N-methyl/N-ethyl adjacent to an activating group) is 1. The summed E-state index contributed by atoms with van der Waals surface area (Å²) in [7, 11) is -5.63. The van der Waals surface area contributed by atoms with Crippen LogP contribution in [-0.2, 0) is 21.2 Å². The van der Waals surface area contributed by atoms with E-state index in [1.807, 2.05) is 32.0 Å². The van der Waals surface area contributed by atoms with Gasteiger partial charge in [0.2, 0.25) is 15.9 Å². The van der Waals surface area contributed by atoms with Gasteiger partial charge >= 0.3 is 7.12 Å². The summed E-state index contributed by atoms with van der Waals surface area (Å²) in [5.74, 6) is -1.56. The zero-order valence-electron chi connectivity index (χ0n) is 17.8. The minimum Gasteiger partial charge on any atom is -0.426 e. The van der Waals surface area contributed by atoms with E-state index in [0.29, 0.717) is 0 Å². The van der Waals surface area contributed by atoms with E-state index in [-0.39, 0.29) is 17.9 Å². The molecule has 0 bridgehead atoms. The Morgan fingerprint density at radius 3 is 2.33 bits per heavy atom. The minimum atomic E-state index is -3.85. The summed E-state index contributed by atoms with van der Waals surface area (Å²) >= 11 is 0. The van der Waals surface area contributed by atoms with Gasteiger partial charge in [0, 0.05) is 6.54 Å². The van der Waals surface area contributed by atoms with Gasteiger partial charge in [0.1, 0.15) is 0 Å². The molecule has 0 saturated heterocycles. The number of carbonyl (C=O) groups is 1. The van der Waals surface area contributed by atoms with Crippen LogP contribution in [-0.4, -0.2) is 54.8 Å². The van der Waals surface area contributed by atoms with Gasteiger partial charge in [-0.05, 0) is 56.0 Å². The second-order valence-corrected chi connectivity index (χ2v) is 9.41. The van der Waals surface area contributed by atoms with E-state index in [9.17, 15) is 23.3 Å². The molecule has 2 aromatic rings. The molecule has 30 heavy (non-hydrogen) atoms. The highest BCUT2D eigenvalue weighted by molar-refractivity contribution is 7.89. The molecule has 0 heterocycles. The third-order valence-electron chi connectivity index (χ3n) is 4.94. The van der Waals surface area contributed by atoms with Gasteiger partial charge < -0.3 is 15.4 Å². The van der Waals surface area contributed by atoms with E-state index in [1.54, 1.807) is 32.0 Å². The Morgan fingerprint density at radius 2 is 1.77 bits per heavy atom. The number of rotatable bonds is 9. The highest BCUT2D eigenvalue weighted by atomic mass is 32.2. The Morgan fingerprint density at radius 1 is 1.10 bits per heavy atom. The molecule has 0 spiro atoms. The molecule has 0 aliphatic carbocycles. The maximum absolute atomic E-state index is 12.9. The van der Waals surface area contributed by atoms with Crippen LogP contribution in [0.5, 0.6) is 0 Å². The van der Waals surface area contributed by atoms with Crippen molar-refractivity contribution >= 4 is 23.0 Å². The first-order valence-corrected chi connectivity index (χ1v) is 11.3. The predicted molar refractivity (Wildman–Crippen MR) is 117 cm³/mol. The molecule has 3 N–H and O–H groups in total. The molecule has 0 saturated carbocycles. The van der Waals surface area contributed by atoms with Crippen LogP contribution in [0.2, 0.25) is 0 Å². The Balaban J connectivity index is 2.13. The number of nitrogens with zero attached hydrogens (tertiary/aromatic N) is 1. The molecule has 2 rings (SSSR count). The summed E-state index contributed by atoms with van der Waals surface area (Å²) in [6, 6.07) is 12.3. The van der Waals surface area contributed by atoms with E-state index >= 15 is 0 Å². The first-order chi connectivity index (χ1) is 14.0. The fourth-order valence-electron chi connectivity index (χ4n) is 3.25.